The molecule has 1 aliphatic rings. The number of esters is 1. The zero-order valence-corrected chi connectivity index (χ0v) is 30.1. The van der Waals surface area contributed by atoms with E-state index in [0.717, 1.165) is 5.56 Å². The van der Waals surface area contributed by atoms with Crippen LogP contribution in [0.5, 0.6) is 0 Å². The van der Waals surface area contributed by atoms with Gasteiger partial charge in [-0.2, -0.15) is 17.8 Å². The fourth-order valence-electron chi connectivity index (χ4n) is 5.35. The van der Waals surface area contributed by atoms with Crippen molar-refractivity contribution in [2.24, 2.45) is 0 Å². The number of hydrogen-bond acceptors (Lipinski definition) is 11. The Morgan fingerprint density at radius 2 is 1.75 bits per heavy atom. The number of aromatic nitrogens is 4. The summed E-state index contributed by atoms with van der Waals surface area (Å²) in [6.07, 6.45) is 1.49. The molecule has 0 saturated carbocycles. The summed E-state index contributed by atoms with van der Waals surface area (Å²) < 4.78 is 35.8. The van der Waals surface area contributed by atoms with E-state index in [-0.39, 0.29) is 30.1 Å². The monoisotopic (exact) mass is 752 g/mol. The fourth-order valence-corrected chi connectivity index (χ4v) is 6.43. The lowest BCUT2D eigenvalue weighted by atomic mass is 9.96. The van der Waals surface area contributed by atoms with Crippen LogP contribution in [0.3, 0.4) is 0 Å². The predicted octanol–water partition coefficient (Wildman–Crippen LogP) is 2.59. The fraction of sp³-hybridized carbons (Fsp3) is 0.303. The van der Waals surface area contributed by atoms with Gasteiger partial charge in [0.05, 0.1) is 11.4 Å². The van der Waals surface area contributed by atoms with Gasteiger partial charge in [0.25, 0.3) is 10.2 Å². The van der Waals surface area contributed by atoms with Crippen LogP contribution in [0.4, 0.5) is 17.1 Å². The quantitative estimate of drug-likeness (QED) is 0.0911. The number of carbonyl (C=O) groups excluding carboxylic acids is 4. The third-order valence-electron chi connectivity index (χ3n) is 7.56. The van der Waals surface area contributed by atoms with Crippen molar-refractivity contribution in [1.82, 2.24) is 35.6 Å². The molecule has 5 rings (SSSR count). The molecule has 0 fully saturated rings. The van der Waals surface area contributed by atoms with Gasteiger partial charge in [0.2, 0.25) is 11.6 Å². The Morgan fingerprint density at radius 3 is 2.42 bits per heavy atom. The molecule has 3 amide bonds. The second kappa shape index (κ2) is 15.3. The van der Waals surface area contributed by atoms with Crippen molar-refractivity contribution in [2.45, 2.75) is 57.8 Å². The summed E-state index contributed by atoms with van der Waals surface area (Å²) in [5.41, 5.74) is -0.860. The van der Waals surface area contributed by atoms with Crippen LogP contribution in [-0.2, 0) is 40.5 Å². The van der Waals surface area contributed by atoms with Crippen LogP contribution in [0, 0.1) is 0 Å². The van der Waals surface area contributed by atoms with Crippen molar-refractivity contribution in [3.05, 3.63) is 89.2 Å². The highest BCUT2D eigenvalue weighted by Gasteiger charge is 2.56. The number of aryl methyl sites for hydroxylation is 1. The number of anilines is 3. The number of tetrazole rings is 1. The molecule has 0 radical (unpaired) electrons. The molecule has 274 valence electrons. The van der Waals surface area contributed by atoms with E-state index in [4.69, 9.17) is 16.3 Å². The molecule has 4 aromatic rings. The minimum absolute atomic E-state index is 0.0470. The van der Waals surface area contributed by atoms with E-state index in [1.54, 1.807) is 82.3 Å². The molecule has 2 unspecified atom stereocenters. The Labute approximate surface area is 304 Å². The van der Waals surface area contributed by atoms with Gasteiger partial charge >= 0.3 is 17.8 Å². The smallest absolute Gasteiger partial charge is 0.356 e. The molecule has 3 aromatic carbocycles. The van der Waals surface area contributed by atoms with Gasteiger partial charge in [-0.1, -0.05) is 48.9 Å². The van der Waals surface area contributed by atoms with Crippen LogP contribution in [0.15, 0.2) is 73.1 Å². The summed E-state index contributed by atoms with van der Waals surface area (Å²) in [4.78, 5) is 54.8. The van der Waals surface area contributed by atoms with Crippen molar-refractivity contribution < 1.29 is 32.3 Å². The third-order valence-corrected chi connectivity index (χ3v) is 8.97. The Kier molecular flexibility index (Phi) is 11.1. The van der Waals surface area contributed by atoms with Crippen LogP contribution in [0.25, 0.3) is 5.69 Å². The lowest BCUT2D eigenvalue weighted by Gasteiger charge is -2.36. The van der Waals surface area contributed by atoms with E-state index < -0.39 is 51.2 Å². The summed E-state index contributed by atoms with van der Waals surface area (Å²) in [7, 11) is -3.71. The molecule has 17 nitrogen and oxygen atoms in total. The van der Waals surface area contributed by atoms with E-state index >= 15 is 0 Å². The summed E-state index contributed by atoms with van der Waals surface area (Å²) in [6, 6.07) is 16.5. The number of nitrogens with one attached hydrogen (secondary N) is 6. The minimum atomic E-state index is -3.71. The number of benzene rings is 3. The van der Waals surface area contributed by atoms with Gasteiger partial charge in [-0.25, -0.2) is 4.79 Å². The lowest BCUT2D eigenvalue weighted by molar-refractivity contribution is -0.164. The van der Waals surface area contributed by atoms with Gasteiger partial charge in [-0.05, 0) is 79.6 Å². The van der Waals surface area contributed by atoms with Crippen molar-refractivity contribution in [3.63, 3.8) is 0 Å². The Balaban J connectivity index is 1.38. The standard InChI is InChI=1S/C33H37ClN10O7S/c1-5-36-52(49,50)41-22-14-10-20(11-15-22)12-17-27(45)38-28-23-8-6-7-9-24(23)39-33(28,31(48)51-32(2,3)4)40-30(47)29(46)37-25-18-21(34)13-16-26(25)44-19-35-42-43-44/h6-11,13-16,18-19,28,36,39,41H,5,12,17H2,1-4H3,(H,37,46)(H,38,45)(H,40,47). The van der Waals surface area contributed by atoms with Crippen LogP contribution in [0.2, 0.25) is 5.02 Å². The number of fused-ring (bicyclic) bond motifs is 1. The molecule has 0 bridgehead atoms. The normalized spacial score (nSPS) is 16.6. The maximum atomic E-state index is 14.1. The second-order valence-corrected chi connectivity index (χ2v) is 14.6. The van der Waals surface area contributed by atoms with Crippen molar-refractivity contribution in [1.29, 1.82) is 0 Å². The van der Waals surface area contributed by atoms with Crippen LogP contribution in [-0.4, -0.2) is 70.1 Å². The largest absolute Gasteiger partial charge is 0.457 e. The molecule has 2 atom stereocenters. The lowest BCUT2D eigenvalue weighted by Crippen LogP contribution is -2.66. The summed E-state index contributed by atoms with van der Waals surface area (Å²) in [5.74, 6) is -3.86. The molecule has 0 saturated heterocycles. The Hall–Kier alpha value is -5.59. The van der Waals surface area contributed by atoms with Gasteiger partial charge in [-0.3, -0.25) is 19.1 Å². The van der Waals surface area contributed by atoms with Gasteiger partial charge < -0.3 is 26.0 Å². The molecule has 0 spiro atoms. The maximum absolute atomic E-state index is 14.1. The highest BCUT2D eigenvalue weighted by Crippen LogP contribution is 2.41. The first-order chi connectivity index (χ1) is 24.6. The molecule has 6 N–H and O–H groups in total. The van der Waals surface area contributed by atoms with Crippen molar-refractivity contribution >= 4 is 62.6 Å². The van der Waals surface area contributed by atoms with Crippen LogP contribution >= 0.6 is 11.6 Å². The van der Waals surface area contributed by atoms with E-state index in [1.807, 2.05) is 0 Å². The molecule has 1 aromatic heterocycles. The van der Waals surface area contributed by atoms with Gasteiger partial charge in [0.15, 0.2) is 0 Å². The van der Waals surface area contributed by atoms with Crippen LogP contribution < -0.4 is 30.7 Å². The summed E-state index contributed by atoms with van der Waals surface area (Å²) in [6.45, 7) is 6.80. The number of para-hydroxylation sites is 1. The topological polar surface area (TPSA) is 227 Å². The number of nitrogens with zero attached hydrogens (tertiary/aromatic N) is 4. The average Bonchev–Trinajstić information content (AvgIpc) is 3.71. The van der Waals surface area contributed by atoms with Crippen molar-refractivity contribution in [3.8, 4) is 5.69 Å². The van der Waals surface area contributed by atoms with Crippen LogP contribution in [0.1, 0.15) is 51.3 Å². The van der Waals surface area contributed by atoms with Gasteiger partial charge in [0, 0.05) is 34.9 Å². The third kappa shape index (κ3) is 9.00. The van der Waals surface area contributed by atoms with Gasteiger partial charge in [0.1, 0.15) is 18.0 Å². The number of hydrogen-bond donors (Lipinski definition) is 6. The minimum Gasteiger partial charge on any atom is -0.457 e. The Bertz CT molecular complexity index is 2070. The highest BCUT2D eigenvalue weighted by molar-refractivity contribution is 7.90. The predicted molar refractivity (Wildman–Crippen MR) is 191 cm³/mol. The number of amides is 3. The molecule has 52 heavy (non-hydrogen) atoms. The van der Waals surface area contributed by atoms with E-state index in [9.17, 15) is 27.6 Å². The number of ether oxygens (including phenoxy) is 1. The molecule has 2 heterocycles. The molecule has 19 heteroatoms. The van der Waals surface area contributed by atoms with E-state index in [2.05, 4.69) is 46.2 Å². The Morgan fingerprint density at radius 1 is 1.02 bits per heavy atom. The van der Waals surface area contributed by atoms with E-state index in [0.29, 0.717) is 22.6 Å². The molecule has 1 aliphatic heterocycles. The van der Waals surface area contributed by atoms with Gasteiger partial charge in [-0.15, -0.1) is 5.10 Å². The highest BCUT2D eigenvalue weighted by atomic mass is 35.5. The number of carbonyl (C=O) groups is 4. The van der Waals surface area contributed by atoms with Crippen molar-refractivity contribution in [2.75, 3.05) is 21.9 Å². The zero-order chi connectivity index (χ0) is 37.7. The first-order valence-electron chi connectivity index (χ1n) is 16.0. The maximum Gasteiger partial charge on any atom is 0.356 e. The second-order valence-electron chi connectivity index (χ2n) is 12.6. The number of halogens is 1. The summed E-state index contributed by atoms with van der Waals surface area (Å²) >= 11 is 6.18. The molecular formula is C33H37ClN10O7S. The SMILES string of the molecule is CCNS(=O)(=O)Nc1ccc(CCC(=O)NC2c3ccccc3NC2(NC(=O)C(=O)Nc2cc(Cl)ccc2-n2cnnn2)C(=O)OC(C)(C)C)cc1. The average molecular weight is 753 g/mol. The zero-order valence-electron chi connectivity index (χ0n) is 28.6. The first kappa shape index (κ1) is 37.7. The summed E-state index contributed by atoms with van der Waals surface area (Å²) in [5, 5.41) is 22.1. The molecular weight excluding hydrogens is 716 g/mol. The number of rotatable bonds is 12. The van der Waals surface area contributed by atoms with E-state index in [1.165, 1.54) is 23.1 Å². The molecule has 0 aliphatic carbocycles. The first-order valence-corrected chi connectivity index (χ1v) is 17.9.